The summed E-state index contributed by atoms with van der Waals surface area (Å²) in [6, 6.07) is 17.8. The van der Waals surface area contributed by atoms with Gasteiger partial charge in [-0.3, -0.25) is 14.5 Å². The molecule has 186 valence electrons. The number of anilines is 1. The first-order valence-electron chi connectivity index (χ1n) is 11.5. The predicted octanol–water partition coefficient (Wildman–Crippen LogP) is 3.49. The van der Waals surface area contributed by atoms with Crippen LogP contribution in [0.3, 0.4) is 0 Å². The van der Waals surface area contributed by atoms with Gasteiger partial charge >= 0.3 is 0 Å². The van der Waals surface area contributed by atoms with Crippen molar-refractivity contribution in [3.05, 3.63) is 84.3 Å². The van der Waals surface area contributed by atoms with E-state index in [1.54, 1.807) is 42.5 Å². The van der Waals surface area contributed by atoms with Crippen molar-refractivity contribution >= 4 is 27.5 Å². The average molecular weight is 498 g/mol. The average Bonchev–Trinajstić information content (AvgIpc) is 3.38. The van der Waals surface area contributed by atoms with Crippen molar-refractivity contribution in [3.63, 3.8) is 0 Å². The van der Waals surface area contributed by atoms with Crippen LogP contribution < -0.4 is 14.9 Å². The summed E-state index contributed by atoms with van der Waals surface area (Å²) < 4.78 is 33.0. The zero-order valence-corrected chi connectivity index (χ0v) is 20.9. The third kappa shape index (κ3) is 6.80. The molecular weight excluding hydrogens is 466 g/mol. The van der Waals surface area contributed by atoms with E-state index in [2.05, 4.69) is 10.0 Å². The Hall–Kier alpha value is -3.43. The Morgan fingerprint density at radius 1 is 0.971 bits per heavy atom. The fourth-order valence-corrected chi connectivity index (χ4v) is 4.68. The lowest BCUT2D eigenvalue weighted by Gasteiger charge is -2.33. The molecule has 0 unspecified atom stereocenters. The van der Waals surface area contributed by atoms with Gasteiger partial charge in [0.15, 0.2) is 0 Å². The van der Waals surface area contributed by atoms with E-state index in [-0.39, 0.29) is 23.3 Å². The minimum atomic E-state index is -3.90. The highest BCUT2D eigenvalue weighted by atomic mass is 32.2. The maximum atomic E-state index is 13.5. The molecule has 1 heterocycles. The first kappa shape index (κ1) is 26.2. The maximum Gasteiger partial charge on any atom is 0.243 e. The molecule has 2 amide bonds. The molecule has 1 atom stereocenters. The molecule has 0 fully saturated rings. The highest BCUT2D eigenvalue weighted by Crippen LogP contribution is 2.23. The standard InChI is InChI=1S/C26H31N3O5S/c1-4-20-12-14-21(15-13-20)29(24(30)18-28-35(32,33)23-10-6-5-7-11-23)25(19(2)3)26(31)27-17-22-9-8-16-34-22/h5-16,19,25,28H,4,17-18H2,1-3H3,(H,27,31)/t25-/m1/s1. The molecule has 0 aliphatic heterocycles. The van der Waals surface area contributed by atoms with E-state index in [0.717, 1.165) is 12.0 Å². The lowest BCUT2D eigenvalue weighted by molar-refractivity contribution is -0.127. The van der Waals surface area contributed by atoms with Gasteiger partial charge in [0.1, 0.15) is 11.8 Å². The van der Waals surface area contributed by atoms with Crippen molar-refractivity contribution in [3.8, 4) is 0 Å². The topological polar surface area (TPSA) is 109 Å². The number of benzene rings is 2. The Morgan fingerprint density at radius 2 is 1.66 bits per heavy atom. The van der Waals surface area contributed by atoms with Crippen LogP contribution in [0.5, 0.6) is 0 Å². The molecule has 2 N–H and O–H groups in total. The SMILES string of the molecule is CCc1ccc(N(C(=O)CNS(=O)(=O)c2ccccc2)[C@@H](C(=O)NCc2ccco2)C(C)C)cc1. The van der Waals surface area contributed by atoms with E-state index in [1.165, 1.54) is 23.3 Å². The Balaban J connectivity index is 1.87. The second-order valence-electron chi connectivity index (χ2n) is 8.41. The number of sulfonamides is 1. The molecule has 1 aromatic heterocycles. The summed E-state index contributed by atoms with van der Waals surface area (Å²) in [6.45, 7) is 5.38. The quantitative estimate of drug-likeness (QED) is 0.422. The largest absolute Gasteiger partial charge is 0.467 e. The number of furan rings is 1. The molecule has 3 rings (SSSR count). The second kappa shape index (κ2) is 11.8. The number of amides is 2. The van der Waals surface area contributed by atoms with Crippen molar-refractivity contribution in [2.45, 2.75) is 44.7 Å². The number of carbonyl (C=O) groups excluding carboxylic acids is 2. The third-order valence-electron chi connectivity index (χ3n) is 5.55. The lowest BCUT2D eigenvalue weighted by Crippen LogP contribution is -2.54. The Kier molecular flexibility index (Phi) is 8.84. The number of nitrogens with zero attached hydrogens (tertiary/aromatic N) is 1. The monoisotopic (exact) mass is 497 g/mol. The molecule has 0 saturated carbocycles. The summed E-state index contributed by atoms with van der Waals surface area (Å²) in [7, 11) is -3.90. The summed E-state index contributed by atoms with van der Waals surface area (Å²) in [5.74, 6) is -0.579. The molecule has 0 aliphatic carbocycles. The predicted molar refractivity (Wildman–Crippen MR) is 134 cm³/mol. The highest BCUT2D eigenvalue weighted by Gasteiger charge is 2.34. The third-order valence-corrected chi connectivity index (χ3v) is 6.97. The van der Waals surface area contributed by atoms with Crippen LogP contribution in [-0.2, 0) is 32.6 Å². The molecule has 0 spiro atoms. The first-order chi connectivity index (χ1) is 16.7. The highest BCUT2D eigenvalue weighted by molar-refractivity contribution is 7.89. The van der Waals surface area contributed by atoms with Crippen molar-refractivity contribution in [2.24, 2.45) is 5.92 Å². The summed E-state index contributed by atoms with van der Waals surface area (Å²) in [6.07, 6.45) is 2.34. The molecular formula is C26H31N3O5S. The number of rotatable bonds is 11. The van der Waals surface area contributed by atoms with Crippen LogP contribution in [0.25, 0.3) is 0 Å². The summed E-state index contributed by atoms with van der Waals surface area (Å²) in [5, 5.41) is 2.83. The van der Waals surface area contributed by atoms with E-state index >= 15 is 0 Å². The van der Waals surface area contributed by atoms with Gasteiger partial charge in [-0.25, -0.2) is 13.1 Å². The van der Waals surface area contributed by atoms with Gasteiger partial charge in [0, 0.05) is 5.69 Å². The molecule has 0 bridgehead atoms. The van der Waals surface area contributed by atoms with Crippen LogP contribution in [0.15, 0.2) is 82.3 Å². The molecule has 3 aromatic rings. The van der Waals surface area contributed by atoms with Crippen LogP contribution in [-0.4, -0.2) is 32.8 Å². The van der Waals surface area contributed by atoms with Crippen molar-refractivity contribution in [1.29, 1.82) is 0 Å². The second-order valence-corrected chi connectivity index (χ2v) is 10.2. The fourth-order valence-electron chi connectivity index (χ4n) is 3.69. The first-order valence-corrected chi connectivity index (χ1v) is 13.0. The van der Waals surface area contributed by atoms with Crippen molar-refractivity contribution < 1.29 is 22.4 Å². The minimum absolute atomic E-state index is 0.0586. The minimum Gasteiger partial charge on any atom is -0.467 e. The van der Waals surface area contributed by atoms with E-state index in [1.807, 2.05) is 32.9 Å². The molecule has 0 aliphatic rings. The smallest absolute Gasteiger partial charge is 0.243 e. The number of carbonyl (C=O) groups is 2. The van der Waals surface area contributed by atoms with E-state index in [9.17, 15) is 18.0 Å². The van der Waals surface area contributed by atoms with Gasteiger partial charge in [0.25, 0.3) is 0 Å². The molecule has 0 radical (unpaired) electrons. The van der Waals surface area contributed by atoms with Crippen LogP contribution >= 0.6 is 0 Å². The number of hydrogen-bond donors (Lipinski definition) is 2. The molecule has 2 aromatic carbocycles. The lowest BCUT2D eigenvalue weighted by atomic mass is 9.99. The van der Waals surface area contributed by atoms with Gasteiger partial charge in [-0.05, 0) is 54.3 Å². The Labute approximate surface area is 206 Å². The number of aryl methyl sites for hydroxylation is 1. The number of hydrogen-bond acceptors (Lipinski definition) is 5. The number of nitrogens with one attached hydrogen (secondary N) is 2. The van der Waals surface area contributed by atoms with Crippen LogP contribution in [0.1, 0.15) is 32.1 Å². The maximum absolute atomic E-state index is 13.5. The normalized spacial score (nSPS) is 12.3. The van der Waals surface area contributed by atoms with Crippen LogP contribution in [0, 0.1) is 5.92 Å². The zero-order valence-electron chi connectivity index (χ0n) is 20.1. The summed E-state index contributed by atoms with van der Waals surface area (Å²) in [4.78, 5) is 28.1. The Morgan fingerprint density at radius 3 is 2.23 bits per heavy atom. The van der Waals surface area contributed by atoms with Gasteiger partial charge < -0.3 is 9.73 Å². The molecule has 8 nitrogen and oxygen atoms in total. The molecule has 35 heavy (non-hydrogen) atoms. The van der Waals surface area contributed by atoms with Crippen molar-refractivity contribution in [2.75, 3.05) is 11.4 Å². The Bertz CT molecular complexity index is 1210. The molecule has 9 heteroatoms. The fraction of sp³-hybridized carbons (Fsp3) is 0.308. The summed E-state index contributed by atoms with van der Waals surface area (Å²) in [5.41, 5.74) is 1.59. The zero-order chi connectivity index (χ0) is 25.4. The van der Waals surface area contributed by atoms with Crippen molar-refractivity contribution in [1.82, 2.24) is 10.0 Å². The van der Waals surface area contributed by atoms with E-state index in [4.69, 9.17) is 4.42 Å². The van der Waals surface area contributed by atoms with Gasteiger partial charge in [0.05, 0.1) is 24.2 Å². The molecule has 0 saturated heterocycles. The van der Waals surface area contributed by atoms with Crippen LogP contribution in [0.4, 0.5) is 5.69 Å². The van der Waals surface area contributed by atoms with Crippen LogP contribution in [0.2, 0.25) is 0 Å². The van der Waals surface area contributed by atoms with Gasteiger partial charge in [-0.2, -0.15) is 0 Å². The van der Waals surface area contributed by atoms with Gasteiger partial charge in [-0.15, -0.1) is 0 Å². The van der Waals surface area contributed by atoms with Gasteiger partial charge in [0.2, 0.25) is 21.8 Å². The van der Waals surface area contributed by atoms with E-state index in [0.29, 0.717) is 11.4 Å². The summed E-state index contributed by atoms with van der Waals surface area (Å²) >= 11 is 0. The van der Waals surface area contributed by atoms with Gasteiger partial charge in [-0.1, -0.05) is 51.1 Å². The van der Waals surface area contributed by atoms with E-state index < -0.39 is 28.5 Å².